The van der Waals surface area contributed by atoms with Crippen LogP contribution in [0.3, 0.4) is 0 Å². The first-order valence-corrected chi connectivity index (χ1v) is 14.2. The number of aliphatic carboxylic acids is 2. The quantitative estimate of drug-likeness (QED) is 0.289. The largest absolute Gasteiger partial charge is 0.481 e. The number of allylic oxidation sites excluding steroid dienone is 4. The lowest BCUT2D eigenvalue weighted by molar-refractivity contribution is -0.141. The van der Waals surface area contributed by atoms with Gasteiger partial charge in [-0.25, -0.2) is 0 Å². The highest BCUT2D eigenvalue weighted by Crippen LogP contribution is 2.46. The Morgan fingerprint density at radius 1 is 0.972 bits per heavy atom. The molecule has 8 heteroatoms. The summed E-state index contributed by atoms with van der Waals surface area (Å²) >= 11 is 9.27. The number of halogens is 1. The molecule has 36 heavy (non-hydrogen) atoms. The summed E-state index contributed by atoms with van der Waals surface area (Å²) in [5.41, 5.74) is 2.88. The van der Waals surface area contributed by atoms with E-state index in [9.17, 15) is 19.8 Å². The van der Waals surface area contributed by atoms with Crippen LogP contribution in [0.25, 0.3) is 6.08 Å². The number of hydrogen-bond acceptors (Lipinski definition) is 5. The Hall–Kier alpha value is -2.22. The average Bonchev–Trinajstić information content (AvgIpc) is 2.85. The molecule has 0 saturated carbocycles. The van der Waals surface area contributed by atoms with Crippen LogP contribution in [0.2, 0.25) is 0 Å². The van der Waals surface area contributed by atoms with Crippen LogP contribution in [0.4, 0.5) is 0 Å². The molecule has 192 valence electrons. The summed E-state index contributed by atoms with van der Waals surface area (Å²) in [6, 6.07) is 8.08. The molecule has 0 radical (unpaired) electrons. The van der Waals surface area contributed by atoms with Crippen LogP contribution < -0.4 is 0 Å². The number of thioether (sulfide) groups is 2. The summed E-state index contributed by atoms with van der Waals surface area (Å²) in [5, 5.41) is 19.3. The second-order valence-electron chi connectivity index (χ2n) is 9.16. The summed E-state index contributed by atoms with van der Waals surface area (Å²) < 4.78 is -0.110. The Kier molecular flexibility index (Phi) is 10.1. The van der Waals surface area contributed by atoms with Gasteiger partial charge in [0.1, 0.15) is 0 Å². The highest BCUT2D eigenvalue weighted by atomic mass is 35.5. The molecule has 0 saturated heterocycles. The van der Waals surface area contributed by atoms with Gasteiger partial charge in [-0.2, -0.15) is 0 Å². The predicted octanol–water partition coefficient (Wildman–Crippen LogP) is 7.07. The lowest BCUT2D eigenvalue weighted by Crippen LogP contribution is -2.23. The van der Waals surface area contributed by atoms with Gasteiger partial charge in [0.15, 0.2) is 0 Å². The summed E-state index contributed by atoms with van der Waals surface area (Å²) in [7, 11) is 0. The Morgan fingerprint density at radius 2 is 1.58 bits per heavy atom. The zero-order valence-corrected chi connectivity index (χ0v) is 23.1. The SMILES string of the molecule is C[C@H](SC(S[C@@H](C)[C@@H](C)C(=O)O)c1cccc(/C=C/C2=NC3C=C(Cl)C=CC3C=C2)c1)[C@@H](C)C(=O)O. The number of benzene rings is 1. The van der Waals surface area contributed by atoms with E-state index in [0.29, 0.717) is 5.03 Å². The van der Waals surface area contributed by atoms with Crippen molar-refractivity contribution in [2.45, 2.75) is 48.8 Å². The van der Waals surface area contributed by atoms with Crippen LogP contribution in [0.1, 0.15) is 43.4 Å². The van der Waals surface area contributed by atoms with Gasteiger partial charge in [0, 0.05) is 21.5 Å². The molecule has 1 heterocycles. The third kappa shape index (κ3) is 7.64. The van der Waals surface area contributed by atoms with E-state index in [1.807, 2.05) is 62.4 Å². The van der Waals surface area contributed by atoms with Crippen molar-refractivity contribution >= 4 is 58.9 Å². The number of dihydropyridines is 1. The first-order valence-electron chi connectivity index (χ1n) is 11.9. The summed E-state index contributed by atoms with van der Waals surface area (Å²) in [6.07, 6.45) is 14.0. The van der Waals surface area contributed by atoms with E-state index in [2.05, 4.69) is 18.2 Å². The molecular weight excluding hydrogens is 514 g/mol. The fourth-order valence-corrected chi connectivity index (χ4v) is 7.28. The van der Waals surface area contributed by atoms with Crippen LogP contribution in [0, 0.1) is 17.8 Å². The van der Waals surface area contributed by atoms with E-state index in [-0.39, 0.29) is 27.0 Å². The summed E-state index contributed by atoms with van der Waals surface area (Å²) in [6.45, 7) is 7.23. The van der Waals surface area contributed by atoms with E-state index >= 15 is 0 Å². The lowest BCUT2D eigenvalue weighted by atomic mass is 9.92. The number of carboxylic acid groups (broad SMARTS) is 2. The maximum Gasteiger partial charge on any atom is 0.307 e. The molecule has 5 nitrogen and oxygen atoms in total. The molecule has 6 atom stereocenters. The van der Waals surface area contributed by atoms with Gasteiger partial charge in [0.25, 0.3) is 0 Å². The molecule has 2 N–H and O–H groups in total. The molecule has 0 amide bonds. The summed E-state index contributed by atoms with van der Waals surface area (Å²) in [5.74, 6) is -2.49. The Bertz CT molecular complexity index is 1100. The van der Waals surface area contributed by atoms with Gasteiger partial charge in [-0.15, -0.1) is 23.5 Å². The van der Waals surface area contributed by atoms with Crippen LogP contribution >= 0.6 is 35.1 Å². The fraction of sp³-hybridized carbons (Fsp3) is 0.393. The van der Waals surface area contributed by atoms with Gasteiger partial charge in [-0.3, -0.25) is 14.6 Å². The summed E-state index contributed by atoms with van der Waals surface area (Å²) in [4.78, 5) is 27.9. The molecule has 1 aliphatic heterocycles. The highest BCUT2D eigenvalue weighted by Gasteiger charge is 2.29. The standard InChI is InChI=1S/C28H32ClNO4S2/c1-16(26(31)32)18(3)35-28(36-19(4)17(2)27(33)34)22-7-5-6-20(14-22)8-12-24-13-10-21-9-11-23(29)15-25(21)30-24/h5-19,21,25,28H,1-4H3,(H,31,32)(H,33,34)/b12-8+/t16-,17-,18+,19+,21?,25?/m1/s1. The molecule has 2 aliphatic rings. The third-order valence-electron chi connectivity index (χ3n) is 6.48. The van der Waals surface area contributed by atoms with Crippen molar-refractivity contribution in [1.82, 2.24) is 0 Å². The molecule has 1 aromatic carbocycles. The Labute approximate surface area is 226 Å². The first kappa shape index (κ1) is 28.4. The number of nitrogens with zero attached hydrogens (tertiary/aromatic N) is 1. The zero-order valence-electron chi connectivity index (χ0n) is 20.7. The van der Waals surface area contributed by atoms with Gasteiger partial charge >= 0.3 is 11.9 Å². The first-order chi connectivity index (χ1) is 17.0. The second kappa shape index (κ2) is 12.8. The number of carbonyl (C=O) groups is 2. The van der Waals surface area contributed by atoms with Crippen LogP contribution in [0.5, 0.6) is 0 Å². The molecule has 0 fully saturated rings. The van der Waals surface area contributed by atoms with E-state index in [1.165, 1.54) is 0 Å². The van der Waals surface area contributed by atoms with Crippen molar-refractivity contribution in [3.05, 3.63) is 76.9 Å². The predicted molar refractivity (Wildman–Crippen MR) is 153 cm³/mol. The van der Waals surface area contributed by atoms with Crippen molar-refractivity contribution in [3.8, 4) is 0 Å². The molecule has 3 rings (SSSR count). The zero-order chi connectivity index (χ0) is 26.4. The molecular formula is C28H32ClNO4S2. The number of aliphatic imine (C=N–C) groups is 1. The van der Waals surface area contributed by atoms with Gasteiger partial charge in [-0.05, 0) is 41.5 Å². The minimum atomic E-state index is -0.837. The molecule has 0 bridgehead atoms. The van der Waals surface area contributed by atoms with E-state index < -0.39 is 23.8 Å². The number of rotatable bonds is 11. The Balaban J connectivity index is 1.81. The molecule has 1 aromatic rings. The highest BCUT2D eigenvalue weighted by molar-refractivity contribution is 8.16. The van der Waals surface area contributed by atoms with Crippen molar-refractivity contribution < 1.29 is 19.8 Å². The van der Waals surface area contributed by atoms with Gasteiger partial charge in [0.2, 0.25) is 0 Å². The molecule has 0 aromatic heterocycles. The molecule has 0 spiro atoms. The normalized spacial score (nSPS) is 22.5. The van der Waals surface area contributed by atoms with Gasteiger partial charge < -0.3 is 10.2 Å². The number of carboxylic acids is 2. The third-order valence-corrected chi connectivity index (χ3v) is 10.1. The van der Waals surface area contributed by atoms with Gasteiger partial charge in [-0.1, -0.05) is 75.7 Å². The molecule has 1 aliphatic carbocycles. The minimum absolute atomic E-state index is 0.00564. The van der Waals surface area contributed by atoms with Crippen molar-refractivity contribution in [2.24, 2.45) is 22.7 Å². The molecule has 2 unspecified atom stereocenters. The maximum atomic E-state index is 11.5. The Morgan fingerprint density at radius 3 is 2.19 bits per heavy atom. The topological polar surface area (TPSA) is 87.0 Å². The smallest absolute Gasteiger partial charge is 0.307 e. The maximum absolute atomic E-state index is 11.5. The van der Waals surface area contributed by atoms with E-state index in [1.54, 1.807) is 37.4 Å². The van der Waals surface area contributed by atoms with Crippen molar-refractivity contribution in [2.75, 3.05) is 0 Å². The second-order valence-corrected chi connectivity index (χ2v) is 12.9. The van der Waals surface area contributed by atoms with E-state index in [4.69, 9.17) is 16.6 Å². The van der Waals surface area contributed by atoms with Crippen LogP contribution in [0.15, 0.2) is 70.7 Å². The van der Waals surface area contributed by atoms with Crippen molar-refractivity contribution in [1.29, 1.82) is 0 Å². The average molecular weight is 546 g/mol. The van der Waals surface area contributed by atoms with Crippen LogP contribution in [-0.2, 0) is 9.59 Å². The number of fused-ring (bicyclic) bond motifs is 1. The van der Waals surface area contributed by atoms with Crippen LogP contribution in [-0.4, -0.2) is 44.4 Å². The monoisotopic (exact) mass is 545 g/mol. The lowest BCUT2D eigenvalue weighted by Gasteiger charge is -2.27. The minimum Gasteiger partial charge on any atom is -0.481 e. The van der Waals surface area contributed by atoms with Gasteiger partial charge in [0.05, 0.1) is 28.2 Å². The number of hydrogen-bond donors (Lipinski definition) is 2. The fourth-order valence-electron chi connectivity index (χ4n) is 3.68. The van der Waals surface area contributed by atoms with E-state index in [0.717, 1.165) is 16.8 Å². The van der Waals surface area contributed by atoms with Crippen molar-refractivity contribution in [3.63, 3.8) is 0 Å².